The van der Waals surface area contributed by atoms with E-state index in [1.54, 1.807) is 30.3 Å². The molecule has 1 aromatic carbocycles. The van der Waals surface area contributed by atoms with E-state index in [4.69, 9.17) is 5.11 Å². The van der Waals surface area contributed by atoms with Crippen LogP contribution in [0, 0.1) is 0 Å². The molecule has 1 unspecified atom stereocenters. The van der Waals surface area contributed by atoms with Crippen molar-refractivity contribution in [3.8, 4) is 0 Å². The number of rotatable bonds is 3. The van der Waals surface area contributed by atoms with E-state index in [9.17, 15) is 14.4 Å². The Morgan fingerprint density at radius 3 is 2.67 bits per heavy atom. The highest BCUT2D eigenvalue weighted by Gasteiger charge is 2.52. The molecule has 0 saturated carbocycles. The zero-order valence-electron chi connectivity index (χ0n) is 10.9. The van der Waals surface area contributed by atoms with Crippen LogP contribution in [0.25, 0.3) is 0 Å². The van der Waals surface area contributed by atoms with Crippen LogP contribution in [-0.2, 0) is 9.59 Å². The number of fused-ring (bicyclic) bond motifs is 1. The lowest BCUT2D eigenvalue weighted by Crippen LogP contribution is -2.70. The van der Waals surface area contributed by atoms with E-state index in [1.807, 2.05) is 0 Å². The SMILES string of the molecule is O=C(O)C1=CCS[C@@H]2C(NC(=O)c3ccccc3)C(=O)N12. The fraction of sp³-hybridized carbons (Fsp3) is 0.214. The zero-order valence-corrected chi connectivity index (χ0v) is 11.7. The van der Waals surface area contributed by atoms with Crippen LogP contribution in [0.5, 0.6) is 0 Å². The van der Waals surface area contributed by atoms with Crippen LogP contribution in [-0.4, -0.2) is 45.0 Å². The molecule has 1 saturated heterocycles. The molecule has 21 heavy (non-hydrogen) atoms. The van der Waals surface area contributed by atoms with Crippen LogP contribution in [0.1, 0.15) is 10.4 Å². The van der Waals surface area contributed by atoms with Crippen molar-refractivity contribution in [1.82, 2.24) is 10.2 Å². The van der Waals surface area contributed by atoms with E-state index in [0.29, 0.717) is 11.3 Å². The van der Waals surface area contributed by atoms with Gasteiger partial charge >= 0.3 is 5.97 Å². The van der Waals surface area contributed by atoms with Gasteiger partial charge in [0, 0.05) is 11.3 Å². The number of hydrogen-bond donors (Lipinski definition) is 2. The maximum absolute atomic E-state index is 12.1. The third kappa shape index (κ3) is 2.29. The molecule has 0 aromatic heterocycles. The first-order valence-corrected chi connectivity index (χ1v) is 7.38. The van der Waals surface area contributed by atoms with E-state index in [-0.39, 0.29) is 22.9 Å². The van der Waals surface area contributed by atoms with Crippen molar-refractivity contribution >= 4 is 29.5 Å². The number of benzene rings is 1. The Labute approximate surface area is 124 Å². The second-order valence-corrected chi connectivity index (χ2v) is 5.79. The number of hydrogen-bond acceptors (Lipinski definition) is 4. The molecular weight excluding hydrogens is 292 g/mol. The third-order valence-corrected chi connectivity index (χ3v) is 4.57. The Balaban J connectivity index is 1.73. The van der Waals surface area contributed by atoms with Gasteiger partial charge in [0.2, 0.25) is 0 Å². The van der Waals surface area contributed by atoms with Gasteiger partial charge in [0.05, 0.1) is 0 Å². The largest absolute Gasteiger partial charge is 0.477 e. The van der Waals surface area contributed by atoms with Crippen LogP contribution >= 0.6 is 11.8 Å². The van der Waals surface area contributed by atoms with Crippen molar-refractivity contribution in [2.75, 3.05) is 5.75 Å². The highest BCUT2D eigenvalue weighted by Crippen LogP contribution is 2.37. The molecule has 0 radical (unpaired) electrons. The molecule has 108 valence electrons. The molecular formula is C14H12N2O4S. The smallest absolute Gasteiger partial charge is 0.352 e. The molecule has 0 spiro atoms. The Kier molecular flexibility index (Phi) is 3.42. The molecule has 6 nitrogen and oxygen atoms in total. The summed E-state index contributed by atoms with van der Waals surface area (Å²) in [5.41, 5.74) is 0.465. The summed E-state index contributed by atoms with van der Waals surface area (Å²) >= 11 is 1.43. The van der Waals surface area contributed by atoms with Crippen LogP contribution in [0.3, 0.4) is 0 Å². The van der Waals surface area contributed by atoms with Crippen molar-refractivity contribution in [2.45, 2.75) is 11.4 Å². The lowest BCUT2D eigenvalue weighted by atomic mass is 10.0. The Morgan fingerprint density at radius 1 is 1.29 bits per heavy atom. The Morgan fingerprint density at radius 2 is 2.00 bits per heavy atom. The molecule has 2 atom stereocenters. The molecule has 7 heteroatoms. The van der Waals surface area contributed by atoms with E-state index >= 15 is 0 Å². The first-order valence-electron chi connectivity index (χ1n) is 6.33. The summed E-state index contributed by atoms with van der Waals surface area (Å²) in [6.45, 7) is 0. The van der Waals surface area contributed by atoms with E-state index in [0.717, 1.165) is 0 Å². The minimum atomic E-state index is -1.12. The van der Waals surface area contributed by atoms with Gasteiger partial charge in [-0.25, -0.2) is 4.79 Å². The lowest BCUT2D eigenvalue weighted by molar-refractivity contribution is -0.148. The summed E-state index contributed by atoms with van der Waals surface area (Å²) in [5, 5.41) is 11.4. The second kappa shape index (κ2) is 5.25. The minimum absolute atomic E-state index is 0.00559. The summed E-state index contributed by atoms with van der Waals surface area (Å²) in [4.78, 5) is 36.4. The van der Waals surface area contributed by atoms with Crippen molar-refractivity contribution in [2.24, 2.45) is 0 Å². The monoisotopic (exact) mass is 304 g/mol. The molecule has 0 bridgehead atoms. The van der Waals surface area contributed by atoms with Crippen molar-refractivity contribution < 1.29 is 19.5 Å². The number of nitrogens with zero attached hydrogens (tertiary/aromatic N) is 1. The lowest BCUT2D eigenvalue weighted by Gasteiger charge is -2.48. The number of carboxylic acid groups (broad SMARTS) is 1. The van der Waals surface area contributed by atoms with Crippen molar-refractivity contribution in [1.29, 1.82) is 0 Å². The topological polar surface area (TPSA) is 86.7 Å². The zero-order chi connectivity index (χ0) is 15.0. The molecule has 0 aliphatic carbocycles. The Hall–Kier alpha value is -2.28. The van der Waals surface area contributed by atoms with Gasteiger partial charge in [-0.15, -0.1) is 11.8 Å². The molecule has 2 aliphatic rings. The van der Waals surface area contributed by atoms with E-state index in [2.05, 4.69) is 5.32 Å². The van der Waals surface area contributed by atoms with E-state index in [1.165, 1.54) is 22.7 Å². The fourth-order valence-corrected chi connectivity index (χ4v) is 3.55. The van der Waals surface area contributed by atoms with Gasteiger partial charge in [-0.2, -0.15) is 0 Å². The number of thioether (sulfide) groups is 1. The van der Waals surface area contributed by atoms with Gasteiger partial charge in [0.1, 0.15) is 17.1 Å². The number of β-lactam (4-membered cyclic amide) rings is 1. The molecule has 1 aromatic rings. The average molecular weight is 304 g/mol. The fourth-order valence-electron chi connectivity index (χ4n) is 2.35. The van der Waals surface area contributed by atoms with Gasteiger partial charge in [0.15, 0.2) is 0 Å². The molecule has 3 rings (SSSR count). The highest BCUT2D eigenvalue weighted by atomic mass is 32.2. The first kappa shape index (κ1) is 13.7. The maximum atomic E-state index is 12.1. The summed E-state index contributed by atoms with van der Waals surface area (Å²) in [6.07, 6.45) is 1.51. The predicted octanol–water partition coefficient (Wildman–Crippen LogP) is 0.669. The molecule has 2 aliphatic heterocycles. The molecule has 2 N–H and O–H groups in total. The van der Waals surface area contributed by atoms with Gasteiger partial charge < -0.3 is 10.4 Å². The molecule has 1 fully saturated rings. The minimum Gasteiger partial charge on any atom is -0.477 e. The first-order chi connectivity index (χ1) is 10.1. The molecule has 2 amide bonds. The molecule has 2 heterocycles. The summed E-state index contributed by atoms with van der Waals surface area (Å²) < 4.78 is 0. The summed E-state index contributed by atoms with van der Waals surface area (Å²) in [6, 6.07) is 7.92. The predicted molar refractivity (Wildman–Crippen MR) is 76.5 cm³/mol. The quantitative estimate of drug-likeness (QED) is 0.802. The number of amides is 2. The normalized spacial score (nSPS) is 23.7. The van der Waals surface area contributed by atoms with Crippen molar-refractivity contribution in [3.63, 3.8) is 0 Å². The number of carbonyl (C=O) groups is 3. The number of nitrogens with one attached hydrogen (secondary N) is 1. The third-order valence-electron chi connectivity index (χ3n) is 3.39. The summed E-state index contributed by atoms with van der Waals surface area (Å²) in [7, 11) is 0. The standard InChI is InChI=1S/C14H12N2O4S/c17-11(8-4-2-1-3-5-8)15-10-12(18)16-9(14(19)20)6-7-21-13(10)16/h1-6,10,13H,7H2,(H,15,17)(H,19,20)/t10?,13-/m1/s1. The maximum Gasteiger partial charge on any atom is 0.352 e. The van der Waals surface area contributed by atoms with E-state index < -0.39 is 12.0 Å². The van der Waals surface area contributed by atoms with Crippen molar-refractivity contribution in [3.05, 3.63) is 47.7 Å². The number of aliphatic carboxylic acids is 1. The van der Waals surface area contributed by atoms with Crippen LogP contribution in [0.15, 0.2) is 42.1 Å². The number of carbonyl (C=O) groups excluding carboxylic acids is 2. The van der Waals surface area contributed by atoms with Gasteiger partial charge in [-0.3, -0.25) is 14.5 Å². The van der Waals surface area contributed by atoms with Crippen LogP contribution in [0.4, 0.5) is 0 Å². The van der Waals surface area contributed by atoms with Gasteiger partial charge in [-0.1, -0.05) is 18.2 Å². The van der Waals surface area contributed by atoms with Gasteiger partial charge in [-0.05, 0) is 18.2 Å². The Bertz CT molecular complexity index is 644. The second-order valence-electron chi connectivity index (χ2n) is 4.64. The summed E-state index contributed by atoms with van der Waals surface area (Å²) in [5.74, 6) is -1.33. The average Bonchev–Trinajstić information content (AvgIpc) is 2.52. The van der Waals surface area contributed by atoms with Crippen LogP contribution < -0.4 is 5.32 Å². The van der Waals surface area contributed by atoms with Gasteiger partial charge in [0.25, 0.3) is 11.8 Å². The number of carboxylic acids is 1. The van der Waals surface area contributed by atoms with Crippen LogP contribution in [0.2, 0.25) is 0 Å². The highest BCUT2D eigenvalue weighted by molar-refractivity contribution is 8.00.